The molecular weight excluding hydrogens is 212 g/mol. The number of hydrogen-bond donors (Lipinski definition) is 0. The lowest BCUT2D eigenvalue weighted by atomic mass is 9.91. The number of carbonyl (C=O) groups is 1. The van der Waals surface area contributed by atoms with Crippen LogP contribution in [0.5, 0.6) is 0 Å². The van der Waals surface area contributed by atoms with Gasteiger partial charge in [-0.2, -0.15) is 0 Å². The molecule has 2 atom stereocenters. The molecule has 2 heteroatoms. The Labute approximate surface area is 106 Å². The van der Waals surface area contributed by atoms with Crippen LogP contribution in [0.25, 0.3) is 0 Å². The molecule has 0 aromatic heterocycles. The Hall–Kier alpha value is -0.370. The van der Waals surface area contributed by atoms with Crippen LogP contribution in [0.2, 0.25) is 0 Å². The van der Waals surface area contributed by atoms with Crippen molar-refractivity contribution in [3.05, 3.63) is 0 Å². The molecule has 1 aliphatic carbocycles. The summed E-state index contributed by atoms with van der Waals surface area (Å²) in [6.07, 6.45) is 7.80. The third-order valence-electron chi connectivity index (χ3n) is 3.75. The van der Waals surface area contributed by atoms with Gasteiger partial charge >= 0.3 is 0 Å². The summed E-state index contributed by atoms with van der Waals surface area (Å²) in [7, 11) is 0. The van der Waals surface area contributed by atoms with Gasteiger partial charge in [-0.3, -0.25) is 4.79 Å². The summed E-state index contributed by atoms with van der Waals surface area (Å²) in [5, 5.41) is 0. The first-order valence-corrected chi connectivity index (χ1v) is 7.37. The van der Waals surface area contributed by atoms with E-state index in [1.54, 1.807) is 0 Å². The molecule has 0 radical (unpaired) electrons. The number of Topliss-reactive ketones (excluding diaryl/α,β-unsaturated/α-hetero) is 1. The number of hydrogen-bond acceptors (Lipinski definition) is 2. The van der Waals surface area contributed by atoms with Gasteiger partial charge < -0.3 is 4.74 Å². The van der Waals surface area contributed by atoms with E-state index in [0.717, 1.165) is 12.8 Å². The van der Waals surface area contributed by atoms with Crippen LogP contribution < -0.4 is 0 Å². The molecule has 0 bridgehead atoms. The van der Waals surface area contributed by atoms with Crippen molar-refractivity contribution in [1.82, 2.24) is 0 Å². The first-order chi connectivity index (χ1) is 8.22. The molecule has 0 aromatic rings. The molecule has 0 aromatic carbocycles. The van der Waals surface area contributed by atoms with Crippen LogP contribution in [0, 0.1) is 11.8 Å². The zero-order chi connectivity index (χ0) is 12.7. The van der Waals surface area contributed by atoms with Gasteiger partial charge in [0, 0.05) is 13.0 Å². The quantitative estimate of drug-likeness (QED) is 0.577. The smallest absolute Gasteiger partial charge is 0.162 e. The molecule has 0 N–H and O–H groups in total. The molecular formula is C15H28O2. The molecule has 1 aliphatic rings. The van der Waals surface area contributed by atoms with Crippen molar-refractivity contribution < 1.29 is 9.53 Å². The minimum absolute atomic E-state index is 0.0873. The summed E-state index contributed by atoms with van der Waals surface area (Å²) in [6.45, 7) is 7.05. The highest BCUT2D eigenvalue weighted by Crippen LogP contribution is 2.36. The van der Waals surface area contributed by atoms with Gasteiger partial charge in [0.15, 0.2) is 5.78 Å². The van der Waals surface area contributed by atoms with Gasteiger partial charge in [-0.05, 0) is 31.6 Å². The van der Waals surface area contributed by atoms with Crippen LogP contribution >= 0.6 is 0 Å². The molecule has 100 valence electrons. The molecule has 0 saturated heterocycles. The number of ether oxygens (including phenoxy) is 1. The number of unbranched alkanes of at least 4 members (excludes halogenated alkanes) is 1. The number of rotatable bonds is 10. The first-order valence-electron chi connectivity index (χ1n) is 7.37. The highest BCUT2D eigenvalue weighted by Gasteiger charge is 2.36. The topological polar surface area (TPSA) is 26.3 Å². The third-order valence-corrected chi connectivity index (χ3v) is 3.75. The van der Waals surface area contributed by atoms with E-state index in [2.05, 4.69) is 13.8 Å². The Bertz CT molecular complexity index is 221. The molecule has 2 unspecified atom stereocenters. The van der Waals surface area contributed by atoms with Gasteiger partial charge in [-0.25, -0.2) is 0 Å². The normalized spacial score (nSPS) is 19.0. The highest BCUT2D eigenvalue weighted by molar-refractivity contribution is 5.84. The predicted octanol–water partition coefficient (Wildman–Crippen LogP) is 3.98. The van der Waals surface area contributed by atoms with Crippen molar-refractivity contribution in [1.29, 1.82) is 0 Å². The van der Waals surface area contributed by atoms with E-state index in [9.17, 15) is 4.79 Å². The lowest BCUT2D eigenvalue weighted by Crippen LogP contribution is -2.28. The van der Waals surface area contributed by atoms with E-state index in [4.69, 9.17) is 4.74 Å². The van der Waals surface area contributed by atoms with Gasteiger partial charge in [0.2, 0.25) is 0 Å². The highest BCUT2D eigenvalue weighted by atomic mass is 16.5. The molecule has 1 saturated carbocycles. The van der Waals surface area contributed by atoms with Crippen LogP contribution in [-0.4, -0.2) is 18.5 Å². The van der Waals surface area contributed by atoms with Gasteiger partial charge in [0.1, 0.15) is 6.10 Å². The Kier molecular flexibility index (Phi) is 6.79. The van der Waals surface area contributed by atoms with Gasteiger partial charge in [-0.1, -0.05) is 39.5 Å². The third kappa shape index (κ3) is 5.20. The lowest BCUT2D eigenvalue weighted by Gasteiger charge is -2.19. The SMILES string of the molecule is CCCCC(CC)CC(=O)C(OCC)C1CC1. The van der Waals surface area contributed by atoms with Crippen LogP contribution in [0.15, 0.2) is 0 Å². The average molecular weight is 240 g/mol. The van der Waals surface area contributed by atoms with E-state index < -0.39 is 0 Å². The molecule has 0 heterocycles. The van der Waals surface area contributed by atoms with Crippen LogP contribution in [0.3, 0.4) is 0 Å². The average Bonchev–Trinajstić information content (AvgIpc) is 3.15. The fourth-order valence-electron chi connectivity index (χ4n) is 2.41. The molecule has 2 nitrogen and oxygen atoms in total. The van der Waals surface area contributed by atoms with Crippen LogP contribution in [0.1, 0.15) is 65.7 Å². The van der Waals surface area contributed by atoms with Crippen molar-refractivity contribution in [3.8, 4) is 0 Å². The van der Waals surface area contributed by atoms with Crippen LogP contribution in [0.4, 0.5) is 0 Å². The molecule has 1 rings (SSSR count). The number of carbonyl (C=O) groups excluding carboxylic acids is 1. The van der Waals surface area contributed by atoms with Gasteiger partial charge in [0.25, 0.3) is 0 Å². The van der Waals surface area contributed by atoms with E-state index in [0.29, 0.717) is 24.2 Å². The van der Waals surface area contributed by atoms with Crippen molar-refractivity contribution >= 4 is 5.78 Å². The van der Waals surface area contributed by atoms with Crippen molar-refractivity contribution in [3.63, 3.8) is 0 Å². The second-order valence-electron chi connectivity index (χ2n) is 5.30. The van der Waals surface area contributed by atoms with E-state index in [1.165, 1.54) is 32.1 Å². The fraction of sp³-hybridized carbons (Fsp3) is 0.933. The standard InChI is InChI=1S/C15H28O2/c1-4-7-8-12(5-2)11-14(16)15(17-6-3)13-9-10-13/h12-13,15H,4-11H2,1-3H3. The van der Waals surface area contributed by atoms with Crippen LogP contribution in [-0.2, 0) is 9.53 Å². The van der Waals surface area contributed by atoms with E-state index in [1.807, 2.05) is 6.92 Å². The second-order valence-corrected chi connectivity index (χ2v) is 5.30. The number of ketones is 1. The lowest BCUT2D eigenvalue weighted by molar-refractivity contribution is -0.132. The molecule has 17 heavy (non-hydrogen) atoms. The van der Waals surface area contributed by atoms with Crippen molar-refractivity contribution in [2.45, 2.75) is 71.8 Å². The molecule has 0 amide bonds. The maximum atomic E-state index is 12.2. The minimum Gasteiger partial charge on any atom is -0.370 e. The Balaban J connectivity index is 2.37. The maximum Gasteiger partial charge on any atom is 0.162 e. The molecule has 0 spiro atoms. The first kappa shape index (κ1) is 14.7. The summed E-state index contributed by atoms with van der Waals surface area (Å²) >= 11 is 0. The molecule has 1 fully saturated rings. The largest absolute Gasteiger partial charge is 0.370 e. The Morgan fingerprint density at radius 3 is 2.47 bits per heavy atom. The summed E-state index contributed by atoms with van der Waals surface area (Å²) < 4.78 is 5.63. The Morgan fingerprint density at radius 2 is 2.00 bits per heavy atom. The summed E-state index contributed by atoms with van der Waals surface area (Å²) in [5.74, 6) is 1.47. The van der Waals surface area contributed by atoms with E-state index >= 15 is 0 Å². The summed E-state index contributed by atoms with van der Waals surface area (Å²) in [5.41, 5.74) is 0. The summed E-state index contributed by atoms with van der Waals surface area (Å²) in [4.78, 5) is 12.2. The zero-order valence-corrected chi connectivity index (χ0v) is 11.7. The van der Waals surface area contributed by atoms with Gasteiger partial charge in [0.05, 0.1) is 0 Å². The monoisotopic (exact) mass is 240 g/mol. The Morgan fingerprint density at radius 1 is 1.29 bits per heavy atom. The van der Waals surface area contributed by atoms with Gasteiger partial charge in [-0.15, -0.1) is 0 Å². The second kappa shape index (κ2) is 7.86. The van der Waals surface area contributed by atoms with E-state index in [-0.39, 0.29) is 6.10 Å². The minimum atomic E-state index is -0.0873. The van der Waals surface area contributed by atoms with Crippen molar-refractivity contribution in [2.75, 3.05) is 6.61 Å². The fourth-order valence-corrected chi connectivity index (χ4v) is 2.41. The zero-order valence-electron chi connectivity index (χ0n) is 11.7. The maximum absolute atomic E-state index is 12.2. The molecule has 0 aliphatic heterocycles. The summed E-state index contributed by atoms with van der Waals surface area (Å²) in [6, 6.07) is 0. The van der Waals surface area contributed by atoms with Crippen molar-refractivity contribution in [2.24, 2.45) is 11.8 Å². The predicted molar refractivity (Wildman–Crippen MR) is 71.1 cm³/mol.